The van der Waals surface area contributed by atoms with E-state index < -0.39 is 0 Å². The minimum atomic E-state index is 0.0335. The summed E-state index contributed by atoms with van der Waals surface area (Å²) in [5.41, 5.74) is 9.95. The van der Waals surface area contributed by atoms with Crippen molar-refractivity contribution in [1.29, 1.82) is 0 Å². The molecule has 0 bridgehead atoms. The Morgan fingerprint density at radius 2 is 1.83 bits per heavy atom. The first-order valence-corrected chi connectivity index (χ1v) is 7.36. The molecular formula is C15H24BrNO. The summed E-state index contributed by atoms with van der Waals surface area (Å²) in [7, 11) is 1.72. The molecule has 1 atom stereocenters. The normalized spacial score (nSPS) is 12.9. The van der Waals surface area contributed by atoms with Crippen LogP contribution in [0.1, 0.15) is 49.4 Å². The minimum absolute atomic E-state index is 0.0335. The number of benzene rings is 1. The van der Waals surface area contributed by atoms with Gasteiger partial charge in [0.25, 0.3) is 0 Å². The van der Waals surface area contributed by atoms with Crippen LogP contribution in [0.4, 0.5) is 0 Å². The molecule has 1 unspecified atom stereocenters. The third-order valence-corrected chi connectivity index (χ3v) is 4.63. The van der Waals surface area contributed by atoms with Crippen molar-refractivity contribution in [3.8, 4) is 5.75 Å². The maximum Gasteiger partial charge on any atom is 0.126 e. The molecule has 1 aromatic carbocycles. The molecule has 18 heavy (non-hydrogen) atoms. The van der Waals surface area contributed by atoms with Crippen LogP contribution in [0.5, 0.6) is 5.75 Å². The van der Waals surface area contributed by atoms with Gasteiger partial charge in [0.1, 0.15) is 5.75 Å². The quantitative estimate of drug-likeness (QED) is 0.868. The Bertz CT molecular complexity index is 413. The van der Waals surface area contributed by atoms with Gasteiger partial charge in [-0.05, 0) is 37.0 Å². The van der Waals surface area contributed by atoms with Crippen molar-refractivity contribution in [2.24, 2.45) is 11.7 Å². The number of methoxy groups -OCH3 is 1. The summed E-state index contributed by atoms with van der Waals surface area (Å²) in [6.45, 7) is 8.55. The van der Waals surface area contributed by atoms with E-state index in [1.165, 1.54) is 5.56 Å². The SMILES string of the molecule is CCC(CC)C(N)c1c(C)c(Br)cc(C)c1OC. The molecule has 0 aliphatic rings. The highest BCUT2D eigenvalue weighted by Gasteiger charge is 2.24. The first kappa shape index (κ1) is 15.5. The van der Waals surface area contributed by atoms with Gasteiger partial charge in [-0.3, -0.25) is 0 Å². The number of nitrogens with two attached hydrogens (primary N) is 1. The lowest BCUT2D eigenvalue weighted by Crippen LogP contribution is -2.22. The van der Waals surface area contributed by atoms with Crippen LogP contribution in [0.2, 0.25) is 0 Å². The average Bonchev–Trinajstić information content (AvgIpc) is 2.34. The highest BCUT2D eigenvalue weighted by molar-refractivity contribution is 9.10. The van der Waals surface area contributed by atoms with Crippen molar-refractivity contribution in [3.63, 3.8) is 0 Å². The fourth-order valence-corrected chi connectivity index (χ4v) is 3.14. The van der Waals surface area contributed by atoms with E-state index in [-0.39, 0.29) is 6.04 Å². The molecule has 1 aromatic rings. The molecule has 0 radical (unpaired) electrons. The van der Waals surface area contributed by atoms with Crippen molar-refractivity contribution >= 4 is 15.9 Å². The fourth-order valence-electron chi connectivity index (χ4n) is 2.58. The van der Waals surface area contributed by atoms with Gasteiger partial charge in [-0.1, -0.05) is 42.6 Å². The molecule has 2 nitrogen and oxygen atoms in total. The number of aryl methyl sites for hydroxylation is 1. The van der Waals surface area contributed by atoms with E-state index in [1.54, 1.807) is 7.11 Å². The summed E-state index contributed by atoms with van der Waals surface area (Å²) < 4.78 is 6.68. The van der Waals surface area contributed by atoms with E-state index in [2.05, 4.69) is 49.7 Å². The van der Waals surface area contributed by atoms with Gasteiger partial charge in [-0.2, -0.15) is 0 Å². The van der Waals surface area contributed by atoms with Gasteiger partial charge in [0.15, 0.2) is 0 Å². The average molecular weight is 314 g/mol. The lowest BCUT2D eigenvalue weighted by Gasteiger charge is -2.26. The Kier molecular flexibility index (Phi) is 5.67. The second-order valence-electron chi connectivity index (χ2n) is 4.85. The van der Waals surface area contributed by atoms with Gasteiger partial charge in [-0.15, -0.1) is 0 Å². The van der Waals surface area contributed by atoms with Crippen molar-refractivity contribution in [1.82, 2.24) is 0 Å². The Morgan fingerprint density at radius 3 is 2.28 bits per heavy atom. The third-order valence-electron chi connectivity index (χ3n) is 3.80. The lowest BCUT2D eigenvalue weighted by atomic mass is 9.86. The zero-order valence-corrected chi connectivity index (χ0v) is 13.6. The summed E-state index contributed by atoms with van der Waals surface area (Å²) >= 11 is 3.61. The molecule has 0 aliphatic carbocycles. The van der Waals surface area contributed by atoms with E-state index in [0.29, 0.717) is 5.92 Å². The Morgan fingerprint density at radius 1 is 1.28 bits per heavy atom. The molecule has 0 aromatic heterocycles. The third kappa shape index (κ3) is 2.89. The highest BCUT2D eigenvalue weighted by Crippen LogP contribution is 2.39. The van der Waals surface area contributed by atoms with Crippen molar-refractivity contribution in [3.05, 3.63) is 27.2 Å². The monoisotopic (exact) mass is 313 g/mol. The van der Waals surface area contributed by atoms with Crippen molar-refractivity contribution in [2.75, 3.05) is 7.11 Å². The van der Waals surface area contributed by atoms with E-state index >= 15 is 0 Å². The summed E-state index contributed by atoms with van der Waals surface area (Å²) in [4.78, 5) is 0. The van der Waals surface area contributed by atoms with Gasteiger partial charge < -0.3 is 10.5 Å². The first-order chi connectivity index (χ1) is 8.47. The molecule has 0 amide bonds. The second kappa shape index (κ2) is 6.58. The zero-order valence-electron chi connectivity index (χ0n) is 12.0. The van der Waals surface area contributed by atoms with Crippen LogP contribution in [-0.4, -0.2) is 7.11 Å². The van der Waals surface area contributed by atoms with Crippen LogP contribution in [0.15, 0.2) is 10.5 Å². The number of ether oxygens (including phenoxy) is 1. The van der Waals surface area contributed by atoms with Gasteiger partial charge >= 0.3 is 0 Å². The molecule has 1 rings (SSSR count). The zero-order chi connectivity index (χ0) is 13.9. The van der Waals surface area contributed by atoms with Crippen LogP contribution < -0.4 is 10.5 Å². The maximum atomic E-state index is 6.47. The van der Waals surface area contributed by atoms with E-state index in [9.17, 15) is 0 Å². The largest absolute Gasteiger partial charge is 0.496 e. The topological polar surface area (TPSA) is 35.2 Å². The van der Waals surface area contributed by atoms with Gasteiger partial charge in [0.05, 0.1) is 7.11 Å². The van der Waals surface area contributed by atoms with Gasteiger partial charge in [0.2, 0.25) is 0 Å². The van der Waals surface area contributed by atoms with Crippen LogP contribution in [-0.2, 0) is 0 Å². The predicted octanol–water partition coefficient (Wildman–Crippen LogP) is 4.51. The molecule has 0 saturated heterocycles. The Balaban J connectivity index is 3.37. The molecular weight excluding hydrogens is 290 g/mol. The molecule has 0 heterocycles. The van der Waals surface area contributed by atoms with Crippen molar-refractivity contribution < 1.29 is 4.74 Å². The van der Waals surface area contributed by atoms with Crippen LogP contribution >= 0.6 is 15.9 Å². The predicted molar refractivity (Wildman–Crippen MR) is 81.2 cm³/mol. The van der Waals surface area contributed by atoms with E-state index in [0.717, 1.165) is 34.2 Å². The summed E-state index contributed by atoms with van der Waals surface area (Å²) in [5.74, 6) is 1.43. The van der Waals surface area contributed by atoms with Crippen LogP contribution in [0, 0.1) is 19.8 Å². The summed E-state index contributed by atoms with van der Waals surface area (Å²) in [5, 5.41) is 0. The molecule has 102 valence electrons. The maximum absolute atomic E-state index is 6.47. The highest BCUT2D eigenvalue weighted by atomic mass is 79.9. The number of halogens is 1. The molecule has 0 spiro atoms. The summed E-state index contributed by atoms with van der Waals surface area (Å²) in [6, 6.07) is 2.13. The van der Waals surface area contributed by atoms with Crippen LogP contribution in [0.25, 0.3) is 0 Å². The van der Waals surface area contributed by atoms with Gasteiger partial charge in [-0.25, -0.2) is 0 Å². The second-order valence-corrected chi connectivity index (χ2v) is 5.70. The lowest BCUT2D eigenvalue weighted by molar-refractivity contribution is 0.368. The Hall–Kier alpha value is -0.540. The minimum Gasteiger partial charge on any atom is -0.496 e. The van der Waals surface area contributed by atoms with Gasteiger partial charge in [0, 0.05) is 16.1 Å². The van der Waals surface area contributed by atoms with Crippen molar-refractivity contribution in [2.45, 2.75) is 46.6 Å². The van der Waals surface area contributed by atoms with Crippen LogP contribution in [0.3, 0.4) is 0 Å². The van der Waals surface area contributed by atoms with E-state index in [4.69, 9.17) is 10.5 Å². The summed E-state index contributed by atoms with van der Waals surface area (Å²) in [6.07, 6.45) is 2.18. The smallest absolute Gasteiger partial charge is 0.126 e. The number of rotatable bonds is 5. The molecule has 0 fully saturated rings. The number of hydrogen-bond donors (Lipinski definition) is 1. The fraction of sp³-hybridized carbons (Fsp3) is 0.600. The molecule has 2 N–H and O–H groups in total. The first-order valence-electron chi connectivity index (χ1n) is 6.56. The standard InChI is InChI=1S/C15H24BrNO/c1-6-11(7-2)14(17)13-10(4)12(16)8-9(3)15(13)18-5/h8,11,14H,6-7,17H2,1-5H3. The Labute approximate surface area is 119 Å². The molecule has 0 aliphatic heterocycles. The van der Waals surface area contributed by atoms with E-state index in [1.807, 2.05) is 0 Å². The molecule has 0 saturated carbocycles. The molecule has 3 heteroatoms. The number of hydrogen-bond acceptors (Lipinski definition) is 2.